The number of anilines is 2. The number of alkyl halides is 3. The second kappa shape index (κ2) is 11.9. The van der Waals surface area contributed by atoms with E-state index in [1.165, 1.54) is 0 Å². The molecule has 11 nitrogen and oxygen atoms in total. The van der Waals surface area contributed by atoms with E-state index in [4.69, 9.17) is 0 Å². The Bertz CT molecular complexity index is 1550. The molecule has 5 heterocycles. The van der Waals surface area contributed by atoms with Gasteiger partial charge in [0.2, 0.25) is 16.0 Å². The fourth-order valence-electron chi connectivity index (χ4n) is 4.28. The Labute approximate surface area is 236 Å². The summed E-state index contributed by atoms with van der Waals surface area (Å²) in [7, 11) is 0. The van der Waals surface area contributed by atoms with Crippen LogP contribution in [0.5, 0.6) is 0 Å². The first kappa shape index (κ1) is 28.0. The first-order valence-electron chi connectivity index (χ1n) is 12.6. The minimum Gasteiger partial charge on any atom is -0.346 e. The van der Waals surface area contributed by atoms with E-state index in [-0.39, 0.29) is 35.5 Å². The summed E-state index contributed by atoms with van der Waals surface area (Å²) in [5.74, 6) is -0.372. The average Bonchev–Trinajstić information content (AvgIpc) is 3.62. The van der Waals surface area contributed by atoms with Gasteiger partial charge in [-0.3, -0.25) is 19.6 Å². The molecule has 1 fully saturated rings. The Morgan fingerprint density at radius 1 is 1.07 bits per heavy atom. The van der Waals surface area contributed by atoms with Crippen LogP contribution in [0.4, 0.5) is 24.1 Å². The molecular formula is C26H24F3N9O2S. The fraction of sp³-hybridized carbons (Fsp3) is 0.308. The van der Waals surface area contributed by atoms with Crippen LogP contribution < -0.4 is 15.5 Å². The highest BCUT2D eigenvalue weighted by molar-refractivity contribution is 7.17. The molecular weight excluding hydrogens is 559 g/mol. The summed E-state index contributed by atoms with van der Waals surface area (Å²) in [5, 5.41) is 22.4. The molecule has 1 aliphatic rings. The minimum absolute atomic E-state index is 0.0666. The first-order chi connectivity index (χ1) is 19.6. The average molecular weight is 584 g/mol. The lowest BCUT2D eigenvalue weighted by Gasteiger charge is -2.14. The number of aryl methyl sites for hydroxylation is 1. The van der Waals surface area contributed by atoms with Crippen molar-refractivity contribution in [3.8, 4) is 0 Å². The van der Waals surface area contributed by atoms with E-state index < -0.39 is 17.6 Å². The van der Waals surface area contributed by atoms with Crippen molar-refractivity contribution in [1.82, 2.24) is 35.7 Å². The molecule has 4 aromatic heterocycles. The van der Waals surface area contributed by atoms with Gasteiger partial charge in [0.1, 0.15) is 0 Å². The highest BCUT2D eigenvalue weighted by Gasteiger charge is 2.31. The van der Waals surface area contributed by atoms with Crippen molar-refractivity contribution >= 4 is 34.1 Å². The maximum atomic E-state index is 12.9. The first-order valence-corrected chi connectivity index (χ1v) is 13.4. The molecule has 15 heteroatoms. The molecule has 2 amide bonds. The Morgan fingerprint density at radius 3 is 2.68 bits per heavy atom. The molecule has 0 radical (unpaired) electrons. The van der Waals surface area contributed by atoms with Crippen LogP contribution in [0.1, 0.15) is 50.5 Å². The van der Waals surface area contributed by atoms with Crippen LogP contribution in [0, 0.1) is 6.92 Å². The lowest BCUT2D eigenvalue weighted by Crippen LogP contribution is -2.23. The molecule has 1 unspecified atom stereocenters. The number of aromatic nitrogens is 6. The molecule has 1 atom stereocenters. The summed E-state index contributed by atoms with van der Waals surface area (Å²) in [6.07, 6.45) is -2.53. The predicted octanol–water partition coefficient (Wildman–Crippen LogP) is 3.55. The third-order valence-corrected chi connectivity index (χ3v) is 7.28. The van der Waals surface area contributed by atoms with Crippen LogP contribution in [0.2, 0.25) is 0 Å². The van der Waals surface area contributed by atoms with Crippen molar-refractivity contribution in [2.45, 2.75) is 38.4 Å². The van der Waals surface area contributed by atoms with E-state index in [2.05, 4.69) is 41.0 Å². The van der Waals surface area contributed by atoms with Crippen molar-refractivity contribution in [2.75, 3.05) is 23.3 Å². The summed E-state index contributed by atoms with van der Waals surface area (Å²) in [6, 6.07) is 10.8. The molecule has 0 aromatic carbocycles. The quantitative estimate of drug-likeness (QED) is 0.319. The van der Waals surface area contributed by atoms with E-state index >= 15 is 0 Å². The van der Waals surface area contributed by atoms with Crippen LogP contribution in [0.15, 0.2) is 48.7 Å². The number of hydrogen-bond acceptors (Lipinski definition) is 10. The zero-order valence-corrected chi connectivity index (χ0v) is 22.5. The number of nitrogens with zero attached hydrogens (tertiary/aromatic N) is 7. The highest BCUT2D eigenvalue weighted by atomic mass is 32.1. The van der Waals surface area contributed by atoms with Gasteiger partial charge in [0.15, 0.2) is 5.82 Å². The number of amides is 2. The van der Waals surface area contributed by atoms with Crippen molar-refractivity contribution < 1.29 is 22.8 Å². The molecule has 1 saturated heterocycles. The maximum Gasteiger partial charge on any atom is 0.416 e. The normalized spacial score (nSPS) is 15.1. The molecule has 41 heavy (non-hydrogen) atoms. The van der Waals surface area contributed by atoms with Gasteiger partial charge >= 0.3 is 6.18 Å². The van der Waals surface area contributed by atoms with Gasteiger partial charge in [-0.25, -0.2) is 0 Å². The van der Waals surface area contributed by atoms with E-state index in [9.17, 15) is 22.8 Å². The monoisotopic (exact) mass is 583 g/mol. The van der Waals surface area contributed by atoms with Gasteiger partial charge in [0.05, 0.1) is 29.9 Å². The van der Waals surface area contributed by atoms with Gasteiger partial charge in [0.25, 0.3) is 5.91 Å². The summed E-state index contributed by atoms with van der Waals surface area (Å²) in [4.78, 5) is 35.0. The SMILES string of the molecule is Cc1cccc(CC(=O)Nc2ccc(C3CCN(c4nnc(C(=O)NCc5cc(C(F)(F)F)ccn5)s4)C3)nn2)n1. The highest BCUT2D eigenvalue weighted by Crippen LogP contribution is 2.32. The molecule has 212 valence electrons. The van der Waals surface area contributed by atoms with E-state index in [1.807, 2.05) is 30.0 Å². The summed E-state index contributed by atoms with van der Waals surface area (Å²) < 4.78 is 38.7. The van der Waals surface area contributed by atoms with Gasteiger partial charge < -0.3 is 15.5 Å². The van der Waals surface area contributed by atoms with E-state index in [0.717, 1.165) is 47.5 Å². The van der Waals surface area contributed by atoms with Crippen molar-refractivity contribution in [3.63, 3.8) is 0 Å². The molecule has 0 bridgehead atoms. The maximum absolute atomic E-state index is 12.9. The second-order valence-electron chi connectivity index (χ2n) is 9.38. The number of nitrogens with one attached hydrogen (secondary N) is 2. The van der Waals surface area contributed by atoms with Crippen molar-refractivity contribution in [3.05, 3.63) is 82.0 Å². The van der Waals surface area contributed by atoms with Crippen LogP contribution in [0.3, 0.4) is 0 Å². The number of carbonyl (C=O) groups excluding carboxylic acids is 2. The largest absolute Gasteiger partial charge is 0.416 e. The van der Waals surface area contributed by atoms with Crippen molar-refractivity contribution in [1.29, 1.82) is 0 Å². The predicted molar refractivity (Wildman–Crippen MR) is 143 cm³/mol. The topological polar surface area (TPSA) is 139 Å². The Hall–Kier alpha value is -4.53. The van der Waals surface area contributed by atoms with Gasteiger partial charge in [0, 0.05) is 36.6 Å². The zero-order chi connectivity index (χ0) is 29.0. The second-order valence-corrected chi connectivity index (χ2v) is 10.3. The zero-order valence-electron chi connectivity index (χ0n) is 21.7. The third-order valence-electron chi connectivity index (χ3n) is 6.30. The van der Waals surface area contributed by atoms with Gasteiger partial charge in [-0.1, -0.05) is 17.4 Å². The third kappa shape index (κ3) is 7.16. The van der Waals surface area contributed by atoms with Crippen LogP contribution >= 0.6 is 11.3 Å². The number of carbonyl (C=O) groups is 2. The van der Waals surface area contributed by atoms with Gasteiger partial charge in [-0.2, -0.15) is 18.3 Å². The van der Waals surface area contributed by atoms with Crippen molar-refractivity contribution in [2.24, 2.45) is 0 Å². The Morgan fingerprint density at radius 2 is 1.93 bits per heavy atom. The standard InChI is InChI=1S/C26H24F3N9O2S/c1-15-3-2-4-18(32-15)12-22(39)33-21-6-5-20(34-35-21)16-8-10-38(14-16)25-37-36-24(41-25)23(40)31-13-19-11-17(7-9-30-19)26(27,28)29/h2-7,9,11,16H,8,10,12-14H2,1H3,(H,31,40)(H,33,35,39). The van der Waals surface area contributed by atoms with Crippen LogP contribution in [-0.2, 0) is 23.9 Å². The lowest BCUT2D eigenvalue weighted by molar-refractivity contribution is -0.137. The van der Waals surface area contributed by atoms with Gasteiger partial charge in [-0.05, 0) is 49.7 Å². The molecule has 0 aliphatic carbocycles. The van der Waals surface area contributed by atoms with Gasteiger partial charge in [-0.15, -0.1) is 15.3 Å². The molecule has 4 aromatic rings. The lowest BCUT2D eigenvalue weighted by atomic mass is 10.1. The van der Waals surface area contributed by atoms with Crippen LogP contribution in [-0.4, -0.2) is 55.3 Å². The molecule has 0 saturated carbocycles. The Kier molecular flexibility index (Phi) is 8.14. The number of pyridine rings is 2. The smallest absolute Gasteiger partial charge is 0.346 e. The summed E-state index contributed by atoms with van der Waals surface area (Å²) in [6.45, 7) is 2.94. The number of hydrogen-bond donors (Lipinski definition) is 2. The van der Waals surface area contributed by atoms with E-state index in [0.29, 0.717) is 29.7 Å². The summed E-state index contributed by atoms with van der Waals surface area (Å²) >= 11 is 1.09. The number of rotatable bonds is 8. The van der Waals surface area contributed by atoms with E-state index in [1.54, 1.807) is 12.1 Å². The fourth-order valence-corrected chi connectivity index (χ4v) is 5.08. The molecule has 1 aliphatic heterocycles. The minimum atomic E-state index is -4.49. The molecule has 2 N–H and O–H groups in total. The molecule has 5 rings (SSSR count). The van der Waals surface area contributed by atoms with Crippen LogP contribution in [0.25, 0.3) is 0 Å². The Balaban J connectivity index is 1.12. The summed E-state index contributed by atoms with van der Waals surface area (Å²) in [5.41, 5.74) is 1.52. The molecule has 0 spiro atoms. The number of halogens is 3.